The molecule has 0 aliphatic heterocycles. The molecule has 0 fully saturated rings. The fourth-order valence-corrected chi connectivity index (χ4v) is 0.768. The summed E-state index contributed by atoms with van der Waals surface area (Å²) in [5, 5.41) is 11.4. The van der Waals surface area contributed by atoms with Gasteiger partial charge in [0.1, 0.15) is 0 Å². The van der Waals surface area contributed by atoms with Crippen LogP contribution >= 0.6 is 0 Å². The zero-order chi connectivity index (χ0) is 13.0. The molecular formula is C12H21NO3. The van der Waals surface area contributed by atoms with Crippen LogP contribution in [-0.2, 0) is 9.59 Å². The molecular weight excluding hydrogens is 206 g/mol. The predicted octanol–water partition coefficient (Wildman–Crippen LogP) is 1.82. The molecule has 0 bridgehead atoms. The third-order valence-corrected chi connectivity index (χ3v) is 2.02. The second-order valence-corrected chi connectivity index (χ2v) is 5.61. The minimum absolute atomic E-state index is 0.0559. The van der Waals surface area contributed by atoms with Crippen molar-refractivity contribution in [2.45, 2.75) is 34.6 Å². The maximum Gasteiger partial charge on any atom is 0.310 e. The van der Waals surface area contributed by atoms with Crippen LogP contribution in [-0.4, -0.2) is 23.5 Å². The molecule has 0 aromatic carbocycles. The number of hydrogen-bond donors (Lipinski definition) is 2. The number of carbonyl (C=O) groups excluding carboxylic acids is 1. The van der Waals surface area contributed by atoms with E-state index in [1.807, 2.05) is 20.8 Å². The number of hydrogen-bond acceptors (Lipinski definition) is 2. The fourth-order valence-electron chi connectivity index (χ4n) is 0.768. The van der Waals surface area contributed by atoms with Crippen LogP contribution in [0, 0.1) is 10.8 Å². The molecule has 4 nitrogen and oxygen atoms in total. The number of aliphatic carboxylic acids is 1. The van der Waals surface area contributed by atoms with Gasteiger partial charge in [-0.25, -0.2) is 0 Å². The van der Waals surface area contributed by atoms with Crippen molar-refractivity contribution in [2.24, 2.45) is 10.8 Å². The van der Waals surface area contributed by atoms with Crippen LogP contribution in [0.1, 0.15) is 34.6 Å². The molecule has 0 rings (SSSR count). The second kappa shape index (κ2) is 5.14. The highest BCUT2D eigenvalue weighted by Crippen LogP contribution is 2.15. The molecule has 92 valence electrons. The van der Waals surface area contributed by atoms with Gasteiger partial charge in [0.2, 0.25) is 5.91 Å². The summed E-state index contributed by atoms with van der Waals surface area (Å²) >= 11 is 0. The van der Waals surface area contributed by atoms with E-state index in [9.17, 15) is 9.59 Å². The zero-order valence-corrected chi connectivity index (χ0v) is 10.6. The molecule has 0 saturated heterocycles. The summed E-state index contributed by atoms with van der Waals surface area (Å²) in [6.07, 6.45) is 3.23. The predicted molar refractivity (Wildman–Crippen MR) is 63.0 cm³/mol. The van der Waals surface area contributed by atoms with Crippen molar-refractivity contribution in [3.63, 3.8) is 0 Å². The van der Waals surface area contributed by atoms with Gasteiger partial charge in [0.15, 0.2) is 0 Å². The minimum Gasteiger partial charge on any atom is -0.481 e. The number of amides is 1. The average molecular weight is 227 g/mol. The summed E-state index contributed by atoms with van der Waals surface area (Å²) in [6.45, 7) is 9.22. The first-order chi connectivity index (χ1) is 7.04. The summed E-state index contributed by atoms with van der Waals surface area (Å²) in [5.41, 5.74) is -0.995. The first-order valence-corrected chi connectivity index (χ1v) is 5.25. The summed E-state index contributed by atoms with van der Waals surface area (Å²) in [6, 6.07) is 0. The van der Waals surface area contributed by atoms with Gasteiger partial charge in [0.25, 0.3) is 0 Å². The molecule has 0 unspecified atom stereocenters. The van der Waals surface area contributed by atoms with E-state index in [1.165, 1.54) is 6.08 Å². The SMILES string of the molecule is CC(C)(C)/C=C/C(=O)NCC(C)(C)C(=O)O. The van der Waals surface area contributed by atoms with Gasteiger partial charge in [0, 0.05) is 6.54 Å². The van der Waals surface area contributed by atoms with Gasteiger partial charge in [-0.3, -0.25) is 9.59 Å². The van der Waals surface area contributed by atoms with E-state index in [4.69, 9.17) is 5.11 Å². The third-order valence-electron chi connectivity index (χ3n) is 2.02. The average Bonchev–Trinajstić information content (AvgIpc) is 2.10. The lowest BCUT2D eigenvalue weighted by atomic mass is 9.94. The Bertz CT molecular complexity index is 298. The Labute approximate surface area is 96.7 Å². The van der Waals surface area contributed by atoms with Gasteiger partial charge < -0.3 is 10.4 Å². The largest absolute Gasteiger partial charge is 0.481 e. The molecule has 16 heavy (non-hydrogen) atoms. The van der Waals surface area contributed by atoms with E-state index in [0.717, 1.165) is 0 Å². The Morgan fingerprint density at radius 1 is 1.19 bits per heavy atom. The van der Waals surface area contributed by atoms with Gasteiger partial charge in [-0.15, -0.1) is 0 Å². The van der Waals surface area contributed by atoms with E-state index in [2.05, 4.69) is 5.32 Å². The van der Waals surface area contributed by atoms with E-state index in [1.54, 1.807) is 19.9 Å². The number of carboxylic acid groups (broad SMARTS) is 1. The molecule has 0 heterocycles. The molecule has 0 aliphatic rings. The highest BCUT2D eigenvalue weighted by atomic mass is 16.4. The molecule has 2 N–H and O–H groups in total. The number of allylic oxidation sites excluding steroid dienone is 1. The van der Waals surface area contributed by atoms with Crippen molar-refractivity contribution < 1.29 is 14.7 Å². The molecule has 0 saturated carbocycles. The van der Waals surface area contributed by atoms with Crippen molar-refractivity contribution >= 4 is 11.9 Å². The zero-order valence-electron chi connectivity index (χ0n) is 10.6. The molecule has 0 aliphatic carbocycles. The highest BCUT2D eigenvalue weighted by molar-refractivity contribution is 5.88. The Morgan fingerprint density at radius 2 is 1.69 bits per heavy atom. The lowest BCUT2D eigenvalue weighted by molar-refractivity contribution is -0.146. The standard InChI is InChI=1S/C12H21NO3/c1-11(2,3)7-6-9(14)13-8-12(4,5)10(15)16/h6-7H,8H2,1-5H3,(H,13,14)(H,15,16)/b7-6+. The Kier molecular flexibility index (Phi) is 4.72. The van der Waals surface area contributed by atoms with E-state index < -0.39 is 11.4 Å². The van der Waals surface area contributed by atoms with Gasteiger partial charge >= 0.3 is 5.97 Å². The van der Waals surface area contributed by atoms with E-state index in [0.29, 0.717) is 0 Å². The van der Waals surface area contributed by atoms with Gasteiger partial charge in [-0.2, -0.15) is 0 Å². The summed E-state index contributed by atoms with van der Waals surface area (Å²) in [7, 11) is 0. The molecule has 4 heteroatoms. The summed E-state index contributed by atoms with van der Waals surface area (Å²) in [5.74, 6) is -1.18. The molecule has 0 spiro atoms. The maximum atomic E-state index is 11.4. The van der Waals surface area contributed by atoms with Crippen LogP contribution in [0.4, 0.5) is 0 Å². The fraction of sp³-hybridized carbons (Fsp3) is 0.667. The monoisotopic (exact) mass is 227 g/mol. The van der Waals surface area contributed by atoms with Crippen molar-refractivity contribution in [2.75, 3.05) is 6.54 Å². The molecule has 0 aromatic rings. The summed E-state index contributed by atoms with van der Waals surface area (Å²) < 4.78 is 0. The van der Waals surface area contributed by atoms with Crippen LogP contribution in [0.25, 0.3) is 0 Å². The van der Waals surface area contributed by atoms with Gasteiger partial charge in [-0.1, -0.05) is 26.8 Å². The van der Waals surface area contributed by atoms with E-state index in [-0.39, 0.29) is 17.9 Å². The van der Waals surface area contributed by atoms with E-state index >= 15 is 0 Å². The molecule has 0 radical (unpaired) electrons. The Morgan fingerprint density at radius 3 is 2.06 bits per heavy atom. The van der Waals surface area contributed by atoms with Crippen LogP contribution in [0.2, 0.25) is 0 Å². The number of carbonyl (C=O) groups is 2. The van der Waals surface area contributed by atoms with Crippen LogP contribution in [0.15, 0.2) is 12.2 Å². The maximum absolute atomic E-state index is 11.4. The lowest BCUT2D eigenvalue weighted by Gasteiger charge is -2.19. The molecule has 0 atom stereocenters. The second-order valence-electron chi connectivity index (χ2n) is 5.61. The van der Waals surface area contributed by atoms with Crippen LogP contribution in [0.3, 0.4) is 0 Å². The smallest absolute Gasteiger partial charge is 0.310 e. The van der Waals surface area contributed by atoms with Gasteiger partial charge in [0.05, 0.1) is 5.41 Å². The molecule has 0 aromatic heterocycles. The lowest BCUT2D eigenvalue weighted by Crippen LogP contribution is -2.38. The van der Waals surface area contributed by atoms with Crippen molar-refractivity contribution in [3.05, 3.63) is 12.2 Å². The number of nitrogens with one attached hydrogen (secondary N) is 1. The normalized spacial score (nSPS) is 12.8. The first-order valence-electron chi connectivity index (χ1n) is 5.25. The van der Waals surface area contributed by atoms with Crippen LogP contribution < -0.4 is 5.32 Å². The molecule has 1 amide bonds. The van der Waals surface area contributed by atoms with Crippen molar-refractivity contribution in [1.29, 1.82) is 0 Å². The number of rotatable bonds is 4. The summed E-state index contributed by atoms with van der Waals surface area (Å²) in [4.78, 5) is 22.1. The van der Waals surface area contributed by atoms with Gasteiger partial charge in [-0.05, 0) is 25.3 Å². The number of carboxylic acids is 1. The topological polar surface area (TPSA) is 66.4 Å². The quantitative estimate of drug-likeness (QED) is 0.720. The third kappa shape index (κ3) is 6.22. The van der Waals surface area contributed by atoms with Crippen molar-refractivity contribution in [3.8, 4) is 0 Å². The van der Waals surface area contributed by atoms with Crippen molar-refractivity contribution in [1.82, 2.24) is 5.32 Å². The van der Waals surface area contributed by atoms with Crippen LogP contribution in [0.5, 0.6) is 0 Å². The minimum atomic E-state index is -0.939. The highest BCUT2D eigenvalue weighted by Gasteiger charge is 2.27. The Balaban J connectivity index is 4.20. The Hall–Kier alpha value is -1.32. The first kappa shape index (κ1) is 14.7.